The van der Waals surface area contributed by atoms with E-state index >= 15 is 0 Å². The summed E-state index contributed by atoms with van der Waals surface area (Å²) < 4.78 is 21.7. The highest BCUT2D eigenvalue weighted by molar-refractivity contribution is 14.1. The minimum absolute atomic E-state index is 0.00534. The van der Waals surface area contributed by atoms with Gasteiger partial charge in [-0.15, -0.1) is 0 Å². The lowest BCUT2D eigenvalue weighted by atomic mass is 9.68. The van der Waals surface area contributed by atoms with Crippen LogP contribution in [0.5, 0.6) is 23.0 Å². The molecule has 0 saturated heterocycles. The maximum Gasteiger partial charge on any atom is 0.347 e. The van der Waals surface area contributed by atoms with Crippen molar-refractivity contribution in [3.63, 3.8) is 0 Å². The molecule has 2 atom stereocenters. The second-order valence-corrected chi connectivity index (χ2v) is 13.0. The quantitative estimate of drug-likeness (QED) is 0.167. The third kappa shape index (κ3) is 4.89. The highest BCUT2D eigenvalue weighted by Gasteiger charge is 2.46. The fourth-order valence-electron chi connectivity index (χ4n) is 7.13. The van der Waals surface area contributed by atoms with Crippen molar-refractivity contribution in [2.45, 2.75) is 37.9 Å². The lowest BCUT2D eigenvalue weighted by molar-refractivity contribution is -0.115. The molecule has 0 radical (unpaired) electrons. The van der Waals surface area contributed by atoms with E-state index in [2.05, 4.69) is 4.98 Å². The largest absolute Gasteiger partial charge is 0.507 e. The first kappa shape index (κ1) is 32.4. The minimum Gasteiger partial charge on any atom is -0.507 e. The first-order valence-electron chi connectivity index (χ1n) is 15.3. The van der Waals surface area contributed by atoms with Crippen molar-refractivity contribution >= 4 is 45.2 Å². The van der Waals surface area contributed by atoms with Gasteiger partial charge in [0.05, 0.1) is 48.5 Å². The Hall–Kier alpha value is -5.19. The van der Waals surface area contributed by atoms with Crippen molar-refractivity contribution in [2.75, 3.05) is 21.3 Å². The summed E-state index contributed by atoms with van der Waals surface area (Å²) >= 11 is 1.83. The van der Waals surface area contributed by atoms with Crippen LogP contribution in [0.3, 0.4) is 0 Å². The molecule has 14 nitrogen and oxygen atoms in total. The van der Waals surface area contributed by atoms with Gasteiger partial charge in [-0.3, -0.25) is 14.4 Å². The molecule has 0 amide bonds. The maximum absolute atomic E-state index is 14.1. The molecule has 4 aromatic rings. The number of rotatable bonds is 7. The number of carbonyl (C=O) groups excluding carboxylic acids is 2. The number of halogens is 1. The van der Waals surface area contributed by atoms with Gasteiger partial charge < -0.3 is 23.9 Å². The third-order valence-corrected chi connectivity index (χ3v) is 10.3. The number of aromatic nitrogens is 5. The molecular formula is C34H30IN5O9. The van der Waals surface area contributed by atoms with Gasteiger partial charge in [0, 0.05) is 67.3 Å². The van der Waals surface area contributed by atoms with E-state index in [-0.39, 0.29) is 69.2 Å². The number of carbonyl (C=O) groups is 2. The Morgan fingerprint density at radius 2 is 1.69 bits per heavy atom. The minimum atomic E-state index is -0.917. The summed E-state index contributed by atoms with van der Waals surface area (Å²) in [4.78, 5) is 72.8. The number of Topliss-reactive ketones (excluding diaryl/α,β-unsaturated/α-hetero) is 1. The molecule has 252 valence electrons. The molecule has 2 unspecified atom stereocenters. The summed E-state index contributed by atoms with van der Waals surface area (Å²) in [6.45, 7) is -0.147. The van der Waals surface area contributed by atoms with Crippen molar-refractivity contribution in [1.29, 1.82) is 0 Å². The number of allylic oxidation sites excluding steroid dienone is 6. The molecule has 0 saturated carbocycles. The smallest absolute Gasteiger partial charge is 0.347 e. The summed E-state index contributed by atoms with van der Waals surface area (Å²) in [5, 5.41) is 11.1. The molecule has 3 heterocycles. The zero-order valence-electron chi connectivity index (χ0n) is 26.9. The average Bonchev–Trinajstić information content (AvgIpc) is 3.34. The Labute approximate surface area is 291 Å². The zero-order valence-corrected chi connectivity index (χ0v) is 29.0. The summed E-state index contributed by atoms with van der Waals surface area (Å²) in [5.74, 6) is -0.619. The van der Waals surface area contributed by atoms with Crippen LogP contribution in [-0.2, 0) is 36.1 Å². The fourth-order valence-corrected chi connectivity index (χ4v) is 7.70. The predicted octanol–water partition coefficient (Wildman–Crippen LogP) is 2.47. The Morgan fingerprint density at radius 3 is 2.41 bits per heavy atom. The van der Waals surface area contributed by atoms with Crippen molar-refractivity contribution < 1.29 is 28.9 Å². The lowest BCUT2D eigenvalue weighted by Crippen LogP contribution is -2.40. The van der Waals surface area contributed by atoms with Gasteiger partial charge in [0.25, 0.3) is 5.56 Å². The number of phenols is 1. The molecule has 0 bridgehead atoms. The van der Waals surface area contributed by atoms with Crippen LogP contribution < -0.4 is 31.1 Å². The number of aryl methyl sites for hydroxylation is 2. The Kier molecular flexibility index (Phi) is 7.96. The summed E-state index contributed by atoms with van der Waals surface area (Å²) in [5.41, 5.74) is 0.797. The van der Waals surface area contributed by atoms with Crippen molar-refractivity contribution in [1.82, 2.24) is 23.5 Å². The van der Waals surface area contributed by atoms with E-state index in [0.717, 1.165) is 4.57 Å². The van der Waals surface area contributed by atoms with Gasteiger partial charge in [0.1, 0.15) is 17.2 Å². The molecule has 15 heteroatoms. The first-order valence-corrected chi connectivity index (χ1v) is 16.4. The van der Waals surface area contributed by atoms with Crippen LogP contribution in [0.2, 0.25) is 0 Å². The Morgan fingerprint density at radius 1 is 0.980 bits per heavy atom. The van der Waals surface area contributed by atoms with E-state index in [1.165, 1.54) is 47.4 Å². The number of fused-ring (bicyclic) bond motifs is 4. The van der Waals surface area contributed by atoms with Crippen LogP contribution in [-0.4, -0.2) is 61.5 Å². The lowest BCUT2D eigenvalue weighted by Gasteiger charge is -2.39. The van der Waals surface area contributed by atoms with Gasteiger partial charge in [0.2, 0.25) is 0 Å². The van der Waals surface area contributed by atoms with Crippen LogP contribution in [0.15, 0.2) is 77.2 Å². The van der Waals surface area contributed by atoms with Crippen molar-refractivity contribution in [3.8, 4) is 23.0 Å². The van der Waals surface area contributed by atoms with Gasteiger partial charge >= 0.3 is 11.4 Å². The molecular weight excluding hydrogens is 749 g/mol. The number of ether oxygens (including phenoxy) is 3. The van der Waals surface area contributed by atoms with E-state index in [0.29, 0.717) is 33.9 Å². The van der Waals surface area contributed by atoms with Gasteiger partial charge in [0.15, 0.2) is 23.1 Å². The number of hydrogen-bond acceptors (Lipinski definition) is 10. The number of aromatic hydroxyl groups is 1. The van der Waals surface area contributed by atoms with E-state index in [4.69, 9.17) is 14.2 Å². The highest BCUT2D eigenvalue weighted by atomic mass is 127. The first-order chi connectivity index (χ1) is 23.5. The summed E-state index contributed by atoms with van der Waals surface area (Å²) in [6, 6.07) is 7.20. The Balaban J connectivity index is 1.31. The van der Waals surface area contributed by atoms with Crippen LogP contribution in [0.25, 0.3) is 11.0 Å². The van der Waals surface area contributed by atoms with Gasteiger partial charge in [-0.2, -0.15) is 0 Å². The van der Waals surface area contributed by atoms with Gasteiger partial charge in [-0.05, 0) is 40.3 Å². The molecule has 0 fully saturated rings. The van der Waals surface area contributed by atoms with Crippen LogP contribution in [0.1, 0.15) is 29.6 Å². The molecule has 7 rings (SSSR count). The summed E-state index contributed by atoms with van der Waals surface area (Å²) in [7, 11) is 6.02. The monoisotopic (exact) mass is 779 g/mol. The van der Waals surface area contributed by atoms with Crippen molar-refractivity contribution in [3.05, 3.63) is 105 Å². The van der Waals surface area contributed by atoms with E-state index < -0.39 is 28.9 Å². The van der Waals surface area contributed by atoms with Gasteiger partial charge in [-0.1, -0.05) is 12.1 Å². The van der Waals surface area contributed by atoms with Crippen LogP contribution in [0, 0.1) is 0 Å². The SMILES string of the molecule is COc1cc2nc(CCn3c(=O)n4n(c3=O)C3CC5=C(C(=O)C(I)=CC5=O)C(c5c(O)cccc5OC)C3=CC4)c(=O)n(C)c2cc1OC. The number of ketones is 2. The Bertz CT molecular complexity index is 2410. The second-order valence-electron chi connectivity index (χ2n) is 11.8. The second kappa shape index (κ2) is 12.0. The molecule has 0 spiro atoms. The number of phenolic OH excluding ortho intramolecular Hbond substituents is 1. The molecule has 2 aromatic carbocycles. The highest BCUT2D eigenvalue weighted by Crippen LogP contribution is 2.53. The van der Waals surface area contributed by atoms with Crippen LogP contribution >= 0.6 is 22.6 Å². The van der Waals surface area contributed by atoms with Crippen molar-refractivity contribution in [2.24, 2.45) is 7.05 Å². The van der Waals surface area contributed by atoms with E-state index in [9.17, 15) is 29.1 Å². The predicted molar refractivity (Wildman–Crippen MR) is 185 cm³/mol. The maximum atomic E-state index is 14.1. The van der Waals surface area contributed by atoms with E-state index in [1.54, 1.807) is 37.4 Å². The summed E-state index contributed by atoms with van der Waals surface area (Å²) in [6.07, 6.45) is 2.99. The number of hydrogen-bond donors (Lipinski definition) is 1. The topological polar surface area (TPSA) is 166 Å². The zero-order chi connectivity index (χ0) is 34.9. The molecule has 1 aliphatic heterocycles. The molecule has 3 aliphatic rings. The third-order valence-electron chi connectivity index (χ3n) is 9.45. The average molecular weight is 780 g/mol. The van der Waals surface area contributed by atoms with Gasteiger partial charge in [-0.25, -0.2) is 28.5 Å². The fraction of sp³-hybridized carbons (Fsp3) is 0.294. The molecule has 1 N–H and O–H groups in total. The number of methoxy groups -OCH3 is 3. The molecule has 49 heavy (non-hydrogen) atoms. The normalized spacial score (nSPS) is 18.5. The number of benzene rings is 2. The van der Waals surface area contributed by atoms with E-state index in [1.807, 2.05) is 22.6 Å². The number of nitrogens with zero attached hydrogens (tertiary/aromatic N) is 5. The standard InChI is InChI=1S/C34H30IN5O9/c1-37-22-15-27(49-4)26(48-3)14-20(22)36-19(32(37)44)9-10-38-33(45)39-11-8-16-21(40(39)34(38)46)12-17-24(42)13-18(35)31(43)29(17)28(16)30-23(41)6-5-7-25(30)47-2/h5-8,13-15,21,28,41H,9-12H2,1-4H3. The van der Waals surface area contributed by atoms with Crippen LogP contribution in [0.4, 0.5) is 0 Å². The molecule has 2 aliphatic carbocycles. The molecule has 2 aromatic heterocycles.